The lowest BCUT2D eigenvalue weighted by Crippen LogP contribution is -2.26. The van der Waals surface area contributed by atoms with Gasteiger partial charge in [-0.3, -0.25) is 0 Å². The summed E-state index contributed by atoms with van der Waals surface area (Å²) in [5.74, 6) is 0.729. The summed E-state index contributed by atoms with van der Waals surface area (Å²) in [7, 11) is -1.96. The molecule has 0 aromatic heterocycles. The highest BCUT2D eigenvalue weighted by atomic mass is 32.2. The lowest BCUT2D eigenvalue weighted by atomic mass is 10.2. The van der Waals surface area contributed by atoms with Crippen molar-refractivity contribution in [1.29, 1.82) is 5.26 Å². The molecule has 2 aromatic carbocycles. The second-order valence-corrected chi connectivity index (χ2v) is 7.91. The molecule has 1 N–H and O–H groups in total. The van der Waals surface area contributed by atoms with Crippen LogP contribution in [0, 0.1) is 11.3 Å². The largest absolute Gasteiger partial charge is 0.494 e. The number of sulfonamides is 1. The molecule has 0 aliphatic rings. The van der Waals surface area contributed by atoms with Gasteiger partial charge in [0.1, 0.15) is 5.75 Å². The molecule has 0 aliphatic carbocycles. The standard InChI is InChI=1S/C20H23N3O3S/c1-3-14-23(2)27(24,25)20-11-7-18(8-12-20)22-13-4-15-26-19-9-5-17(16-21)6-10-19/h3,5-12,22H,1,4,13-15H2,2H3. The molecule has 0 bridgehead atoms. The molecule has 7 heteroatoms. The van der Waals surface area contributed by atoms with Crippen LogP contribution in [0.2, 0.25) is 0 Å². The van der Waals surface area contributed by atoms with Gasteiger partial charge >= 0.3 is 0 Å². The third kappa shape index (κ3) is 5.84. The first-order valence-corrected chi connectivity index (χ1v) is 9.95. The Kier molecular flexibility index (Phi) is 7.41. The maximum atomic E-state index is 12.3. The van der Waals surface area contributed by atoms with Crippen molar-refractivity contribution >= 4 is 15.7 Å². The number of rotatable bonds is 10. The molecular formula is C20H23N3O3S. The number of anilines is 1. The number of benzene rings is 2. The van der Waals surface area contributed by atoms with Crippen LogP contribution in [-0.2, 0) is 10.0 Å². The predicted molar refractivity (Wildman–Crippen MR) is 106 cm³/mol. The number of nitriles is 1. The molecule has 0 radical (unpaired) electrons. The lowest BCUT2D eigenvalue weighted by molar-refractivity contribution is 0.315. The molecule has 0 fully saturated rings. The van der Waals surface area contributed by atoms with Gasteiger partial charge in [-0.15, -0.1) is 6.58 Å². The molecule has 27 heavy (non-hydrogen) atoms. The smallest absolute Gasteiger partial charge is 0.243 e. The highest BCUT2D eigenvalue weighted by molar-refractivity contribution is 7.89. The maximum absolute atomic E-state index is 12.3. The molecule has 0 unspecified atom stereocenters. The van der Waals surface area contributed by atoms with E-state index < -0.39 is 10.0 Å². The fourth-order valence-electron chi connectivity index (χ4n) is 2.33. The average molecular weight is 385 g/mol. The van der Waals surface area contributed by atoms with E-state index in [2.05, 4.69) is 18.0 Å². The van der Waals surface area contributed by atoms with Crippen LogP contribution in [-0.4, -0.2) is 39.5 Å². The summed E-state index contributed by atoms with van der Waals surface area (Å²) in [5.41, 5.74) is 1.45. The van der Waals surface area contributed by atoms with Crippen molar-refractivity contribution in [2.24, 2.45) is 0 Å². The van der Waals surface area contributed by atoms with Gasteiger partial charge < -0.3 is 10.1 Å². The van der Waals surface area contributed by atoms with Crippen LogP contribution in [0.5, 0.6) is 5.75 Å². The van der Waals surface area contributed by atoms with Crippen LogP contribution in [0.4, 0.5) is 5.69 Å². The summed E-state index contributed by atoms with van der Waals surface area (Å²) in [6, 6.07) is 15.7. The van der Waals surface area contributed by atoms with E-state index in [0.29, 0.717) is 18.7 Å². The van der Waals surface area contributed by atoms with E-state index in [1.54, 1.807) is 54.6 Å². The SMILES string of the molecule is C=CCN(C)S(=O)(=O)c1ccc(NCCCOc2ccc(C#N)cc2)cc1. The summed E-state index contributed by atoms with van der Waals surface area (Å²) in [4.78, 5) is 0.251. The van der Waals surface area contributed by atoms with Gasteiger partial charge in [-0.25, -0.2) is 8.42 Å². The van der Waals surface area contributed by atoms with Gasteiger partial charge in [-0.05, 0) is 55.0 Å². The van der Waals surface area contributed by atoms with E-state index in [1.165, 1.54) is 11.4 Å². The Morgan fingerprint density at radius 2 is 1.85 bits per heavy atom. The summed E-state index contributed by atoms with van der Waals surface area (Å²) >= 11 is 0. The van der Waals surface area contributed by atoms with Crippen LogP contribution in [0.3, 0.4) is 0 Å². The first kappa shape index (κ1) is 20.5. The van der Waals surface area contributed by atoms with Crippen LogP contribution >= 0.6 is 0 Å². The van der Waals surface area contributed by atoms with Gasteiger partial charge in [-0.2, -0.15) is 9.57 Å². The molecule has 2 rings (SSSR count). The fourth-order valence-corrected chi connectivity index (χ4v) is 3.47. The first-order chi connectivity index (χ1) is 13.0. The van der Waals surface area contributed by atoms with Gasteiger partial charge in [0, 0.05) is 25.8 Å². The number of nitrogens with one attached hydrogen (secondary N) is 1. The third-order valence-electron chi connectivity index (χ3n) is 3.85. The van der Waals surface area contributed by atoms with Crippen molar-refractivity contribution in [2.45, 2.75) is 11.3 Å². The molecule has 0 amide bonds. The Morgan fingerprint density at radius 1 is 1.19 bits per heavy atom. The van der Waals surface area contributed by atoms with E-state index in [1.807, 2.05) is 0 Å². The molecule has 0 saturated heterocycles. The molecule has 0 heterocycles. The van der Waals surface area contributed by atoms with E-state index in [4.69, 9.17) is 10.00 Å². The summed E-state index contributed by atoms with van der Waals surface area (Å²) in [6.45, 7) is 5.06. The van der Waals surface area contributed by atoms with E-state index in [-0.39, 0.29) is 11.4 Å². The highest BCUT2D eigenvalue weighted by Crippen LogP contribution is 2.17. The highest BCUT2D eigenvalue weighted by Gasteiger charge is 2.19. The number of hydrogen-bond donors (Lipinski definition) is 1. The van der Waals surface area contributed by atoms with Crippen molar-refractivity contribution in [1.82, 2.24) is 4.31 Å². The minimum absolute atomic E-state index is 0.251. The van der Waals surface area contributed by atoms with E-state index >= 15 is 0 Å². The van der Waals surface area contributed by atoms with Gasteiger partial charge in [0.2, 0.25) is 10.0 Å². The molecule has 0 aliphatic heterocycles. The zero-order valence-electron chi connectivity index (χ0n) is 15.3. The number of hydrogen-bond acceptors (Lipinski definition) is 5. The lowest BCUT2D eigenvalue weighted by Gasteiger charge is -2.15. The fraction of sp³-hybridized carbons (Fsp3) is 0.250. The second kappa shape index (κ2) is 9.76. The topological polar surface area (TPSA) is 82.4 Å². The zero-order valence-corrected chi connectivity index (χ0v) is 16.1. The Balaban J connectivity index is 1.78. The Hall–Kier alpha value is -2.82. The molecule has 2 aromatic rings. The summed E-state index contributed by atoms with van der Waals surface area (Å²) < 4.78 is 31.5. The van der Waals surface area contributed by atoms with E-state index in [0.717, 1.165) is 17.9 Å². The quantitative estimate of drug-likeness (QED) is 0.501. The Morgan fingerprint density at radius 3 is 2.44 bits per heavy atom. The van der Waals surface area contributed by atoms with Gasteiger partial charge in [0.05, 0.1) is 23.1 Å². The molecule has 0 atom stereocenters. The number of nitrogens with zero attached hydrogens (tertiary/aromatic N) is 2. The minimum atomic E-state index is -3.49. The molecule has 6 nitrogen and oxygen atoms in total. The summed E-state index contributed by atoms with van der Waals surface area (Å²) in [6.07, 6.45) is 2.33. The van der Waals surface area contributed by atoms with Gasteiger partial charge in [0.15, 0.2) is 0 Å². The van der Waals surface area contributed by atoms with Crippen LogP contribution < -0.4 is 10.1 Å². The minimum Gasteiger partial charge on any atom is -0.494 e. The van der Waals surface area contributed by atoms with E-state index in [9.17, 15) is 8.42 Å². The Labute approximate surface area is 160 Å². The Bertz CT molecular complexity index is 886. The molecule has 0 spiro atoms. The predicted octanol–water partition coefficient (Wildman–Crippen LogP) is 3.25. The summed E-state index contributed by atoms with van der Waals surface area (Å²) in [5, 5.41) is 12.0. The van der Waals surface area contributed by atoms with Crippen molar-refractivity contribution in [3.05, 3.63) is 66.7 Å². The molecule has 0 saturated carbocycles. The maximum Gasteiger partial charge on any atom is 0.243 e. The molecular weight excluding hydrogens is 362 g/mol. The van der Waals surface area contributed by atoms with Gasteiger partial charge in [-0.1, -0.05) is 6.08 Å². The first-order valence-electron chi connectivity index (χ1n) is 8.51. The van der Waals surface area contributed by atoms with Crippen molar-refractivity contribution in [3.63, 3.8) is 0 Å². The van der Waals surface area contributed by atoms with Crippen molar-refractivity contribution < 1.29 is 13.2 Å². The van der Waals surface area contributed by atoms with Gasteiger partial charge in [0.25, 0.3) is 0 Å². The third-order valence-corrected chi connectivity index (χ3v) is 5.69. The average Bonchev–Trinajstić information content (AvgIpc) is 2.68. The number of ether oxygens (including phenoxy) is 1. The second-order valence-electron chi connectivity index (χ2n) is 5.86. The normalized spacial score (nSPS) is 11.0. The zero-order chi connectivity index (χ0) is 19.7. The monoisotopic (exact) mass is 385 g/mol. The molecule has 142 valence electrons. The van der Waals surface area contributed by atoms with Crippen molar-refractivity contribution in [3.8, 4) is 11.8 Å². The van der Waals surface area contributed by atoms with Crippen molar-refractivity contribution in [2.75, 3.05) is 32.1 Å². The van der Waals surface area contributed by atoms with Crippen LogP contribution in [0.15, 0.2) is 66.1 Å². The number of likely N-dealkylation sites (N-methyl/N-ethyl adjacent to an activating group) is 1. The van der Waals surface area contributed by atoms with Crippen LogP contribution in [0.1, 0.15) is 12.0 Å². The van der Waals surface area contributed by atoms with Crippen LogP contribution in [0.25, 0.3) is 0 Å².